The van der Waals surface area contributed by atoms with Crippen molar-refractivity contribution in [2.75, 3.05) is 25.5 Å². The molecular formula is C17H18F3N3O2. The highest BCUT2D eigenvalue weighted by Crippen LogP contribution is 2.28. The Kier molecular flexibility index (Phi) is 6.35. The SMILES string of the molecule is COCc1cccc(C(=O)NCCNc2ccc(C(F)(F)F)cn2)c1. The maximum absolute atomic E-state index is 12.4. The molecule has 5 nitrogen and oxygen atoms in total. The van der Waals surface area contributed by atoms with E-state index in [0.29, 0.717) is 31.1 Å². The summed E-state index contributed by atoms with van der Waals surface area (Å²) in [6.07, 6.45) is -3.64. The van der Waals surface area contributed by atoms with E-state index in [1.807, 2.05) is 6.07 Å². The summed E-state index contributed by atoms with van der Waals surface area (Å²) in [5.74, 6) is 0.0736. The Morgan fingerprint density at radius 3 is 2.64 bits per heavy atom. The number of nitrogens with zero attached hydrogens (tertiary/aromatic N) is 1. The topological polar surface area (TPSA) is 63.2 Å². The van der Waals surface area contributed by atoms with Gasteiger partial charge in [0.1, 0.15) is 5.82 Å². The predicted molar refractivity (Wildman–Crippen MR) is 87.2 cm³/mol. The molecule has 1 aromatic heterocycles. The van der Waals surface area contributed by atoms with Crippen LogP contribution in [0.15, 0.2) is 42.6 Å². The molecule has 0 fully saturated rings. The molecule has 2 aromatic rings. The van der Waals surface area contributed by atoms with Gasteiger partial charge in [-0.3, -0.25) is 4.79 Å². The van der Waals surface area contributed by atoms with E-state index in [2.05, 4.69) is 15.6 Å². The third kappa shape index (κ3) is 5.75. The Bertz CT molecular complexity index is 703. The number of carbonyl (C=O) groups is 1. The first-order valence-corrected chi connectivity index (χ1v) is 7.53. The van der Waals surface area contributed by atoms with Crippen LogP contribution in [0, 0.1) is 0 Å². The Balaban J connectivity index is 1.79. The molecule has 1 heterocycles. The van der Waals surface area contributed by atoms with Gasteiger partial charge in [0, 0.05) is 32.0 Å². The molecule has 0 aliphatic carbocycles. The molecule has 0 spiro atoms. The molecular weight excluding hydrogens is 335 g/mol. The second-order valence-electron chi connectivity index (χ2n) is 5.25. The van der Waals surface area contributed by atoms with Crippen LogP contribution in [0.5, 0.6) is 0 Å². The summed E-state index contributed by atoms with van der Waals surface area (Å²) in [5.41, 5.74) is 0.603. The van der Waals surface area contributed by atoms with Crippen LogP contribution in [-0.2, 0) is 17.5 Å². The number of halogens is 3. The number of rotatable bonds is 7. The second-order valence-corrected chi connectivity index (χ2v) is 5.25. The van der Waals surface area contributed by atoms with Gasteiger partial charge in [0.05, 0.1) is 12.2 Å². The molecule has 2 N–H and O–H groups in total. The molecule has 0 atom stereocenters. The zero-order valence-corrected chi connectivity index (χ0v) is 13.6. The van der Waals surface area contributed by atoms with Crippen molar-refractivity contribution >= 4 is 11.7 Å². The number of hydrogen-bond acceptors (Lipinski definition) is 4. The van der Waals surface area contributed by atoms with E-state index in [0.717, 1.165) is 17.8 Å². The number of amides is 1. The number of carbonyl (C=O) groups excluding carboxylic acids is 1. The number of aromatic nitrogens is 1. The van der Waals surface area contributed by atoms with Crippen molar-refractivity contribution in [3.05, 3.63) is 59.3 Å². The molecule has 0 aliphatic heterocycles. The third-order valence-corrected chi connectivity index (χ3v) is 3.31. The number of ether oxygens (including phenoxy) is 1. The molecule has 25 heavy (non-hydrogen) atoms. The van der Waals surface area contributed by atoms with Gasteiger partial charge in [0.15, 0.2) is 0 Å². The van der Waals surface area contributed by atoms with Crippen LogP contribution in [-0.4, -0.2) is 31.1 Å². The highest BCUT2D eigenvalue weighted by molar-refractivity contribution is 5.94. The summed E-state index contributed by atoms with van der Waals surface area (Å²) >= 11 is 0. The predicted octanol–water partition coefficient (Wildman–Crippen LogP) is 3.09. The van der Waals surface area contributed by atoms with Gasteiger partial charge in [0.2, 0.25) is 0 Å². The summed E-state index contributed by atoms with van der Waals surface area (Å²) in [6.45, 7) is 1.06. The lowest BCUT2D eigenvalue weighted by atomic mass is 10.1. The number of nitrogens with one attached hydrogen (secondary N) is 2. The van der Waals surface area contributed by atoms with E-state index >= 15 is 0 Å². The van der Waals surface area contributed by atoms with E-state index in [1.54, 1.807) is 25.3 Å². The minimum absolute atomic E-state index is 0.236. The van der Waals surface area contributed by atoms with Gasteiger partial charge in [-0.1, -0.05) is 12.1 Å². The lowest BCUT2D eigenvalue weighted by Gasteiger charge is -2.10. The first kappa shape index (κ1) is 18.7. The molecule has 134 valence electrons. The first-order chi connectivity index (χ1) is 11.9. The molecule has 0 radical (unpaired) electrons. The van der Waals surface area contributed by atoms with Crippen molar-refractivity contribution in [1.82, 2.24) is 10.3 Å². The lowest BCUT2D eigenvalue weighted by Crippen LogP contribution is -2.29. The van der Waals surface area contributed by atoms with Crippen molar-refractivity contribution in [3.8, 4) is 0 Å². The van der Waals surface area contributed by atoms with Gasteiger partial charge in [0.25, 0.3) is 5.91 Å². The number of anilines is 1. The minimum atomic E-state index is -4.41. The van der Waals surface area contributed by atoms with Crippen LogP contribution in [0.3, 0.4) is 0 Å². The first-order valence-electron chi connectivity index (χ1n) is 7.53. The summed E-state index contributed by atoms with van der Waals surface area (Å²) in [7, 11) is 1.58. The fourth-order valence-electron chi connectivity index (χ4n) is 2.10. The average molecular weight is 353 g/mol. The van der Waals surface area contributed by atoms with Crippen molar-refractivity contribution < 1.29 is 22.7 Å². The maximum Gasteiger partial charge on any atom is 0.417 e. The van der Waals surface area contributed by atoms with Gasteiger partial charge >= 0.3 is 6.18 Å². The third-order valence-electron chi connectivity index (χ3n) is 3.31. The standard InChI is InChI=1S/C17H18F3N3O2/c1-25-11-12-3-2-4-13(9-12)16(24)22-8-7-21-15-6-5-14(10-23-15)17(18,19)20/h2-6,9-10H,7-8,11H2,1H3,(H,21,23)(H,22,24). The fourth-order valence-corrected chi connectivity index (χ4v) is 2.10. The Morgan fingerprint density at radius 2 is 2.00 bits per heavy atom. The van der Waals surface area contributed by atoms with Crippen LogP contribution < -0.4 is 10.6 Å². The highest BCUT2D eigenvalue weighted by Gasteiger charge is 2.30. The van der Waals surface area contributed by atoms with Gasteiger partial charge < -0.3 is 15.4 Å². The fraction of sp³-hybridized carbons (Fsp3) is 0.294. The maximum atomic E-state index is 12.4. The molecule has 0 saturated carbocycles. The number of benzene rings is 1. The van der Waals surface area contributed by atoms with Crippen LogP contribution in [0.1, 0.15) is 21.5 Å². The summed E-state index contributed by atoms with van der Waals surface area (Å²) in [6, 6.07) is 9.27. The summed E-state index contributed by atoms with van der Waals surface area (Å²) in [4.78, 5) is 15.7. The van der Waals surface area contributed by atoms with E-state index in [1.165, 1.54) is 6.07 Å². The highest BCUT2D eigenvalue weighted by atomic mass is 19.4. The lowest BCUT2D eigenvalue weighted by molar-refractivity contribution is -0.137. The van der Waals surface area contributed by atoms with Crippen LogP contribution in [0.2, 0.25) is 0 Å². The summed E-state index contributed by atoms with van der Waals surface area (Å²) < 4.78 is 42.3. The van der Waals surface area contributed by atoms with Gasteiger partial charge in [-0.25, -0.2) is 4.98 Å². The molecule has 0 saturated heterocycles. The average Bonchev–Trinajstić information content (AvgIpc) is 2.59. The molecule has 2 rings (SSSR count). The molecule has 1 aromatic carbocycles. The minimum Gasteiger partial charge on any atom is -0.380 e. The monoisotopic (exact) mass is 353 g/mol. The van der Waals surface area contributed by atoms with Gasteiger partial charge in [-0.15, -0.1) is 0 Å². The van der Waals surface area contributed by atoms with Crippen molar-refractivity contribution in [2.45, 2.75) is 12.8 Å². The molecule has 8 heteroatoms. The number of pyridine rings is 1. The Hall–Kier alpha value is -2.61. The largest absolute Gasteiger partial charge is 0.417 e. The smallest absolute Gasteiger partial charge is 0.380 e. The zero-order valence-electron chi connectivity index (χ0n) is 13.6. The normalized spacial score (nSPS) is 11.2. The Morgan fingerprint density at radius 1 is 1.20 bits per heavy atom. The van der Waals surface area contributed by atoms with E-state index in [-0.39, 0.29) is 5.91 Å². The van der Waals surface area contributed by atoms with Crippen LogP contribution in [0.25, 0.3) is 0 Å². The van der Waals surface area contributed by atoms with E-state index in [4.69, 9.17) is 4.74 Å². The molecule has 0 bridgehead atoms. The number of hydrogen-bond donors (Lipinski definition) is 2. The number of methoxy groups -OCH3 is 1. The quantitative estimate of drug-likeness (QED) is 0.751. The Labute approximate surface area is 143 Å². The van der Waals surface area contributed by atoms with E-state index < -0.39 is 11.7 Å². The van der Waals surface area contributed by atoms with Gasteiger partial charge in [-0.2, -0.15) is 13.2 Å². The molecule has 0 unspecified atom stereocenters. The van der Waals surface area contributed by atoms with E-state index in [9.17, 15) is 18.0 Å². The number of alkyl halides is 3. The van der Waals surface area contributed by atoms with Crippen LogP contribution >= 0.6 is 0 Å². The summed E-state index contributed by atoms with van der Waals surface area (Å²) in [5, 5.41) is 5.57. The van der Waals surface area contributed by atoms with Gasteiger partial charge in [-0.05, 0) is 29.8 Å². The zero-order chi connectivity index (χ0) is 18.3. The van der Waals surface area contributed by atoms with Crippen molar-refractivity contribution in [2.24, 2.45) is 0 Å². The molecule has 1 amide bonds. The van der Waals surface area contributed by atoms with Crippen molar-refractivity contribution in [3.63, 3.8) is 0 Å². The van der Waals surface area contributed by atoms with Crippen molar-refractivity contribution in [1.29, 1.82) is 0 Å². The van der Waals surface area contributed by atoms with Crippen LogP contribution in [0.4, 0.5) is 19.0 Å². The molecule has 0 aliphatic rings. The second kappa shape index (κ2) is 8.48.